The molecule has 2 aromatic heterocycles. The first kappa shape index (κ1) is 21.5. The SMILES string of the molecule is COc1cccc(C(=O)N(Cc2ccco2)c2nc3c(OC)ccc(OC)c3s2)c1OC. The van der Waals surface area contributed by atoms with E-state index >= 15 is 0 Å². The number of thiazole rings is 1. The van der Waals surface area contributed by atoms with Crippen molar-refractivity contribution >= 4 is 32.6 Å². The number of anilines is 1. The quantitative estimate of drug-likeness (QED) is 0.379. The van der Waals surface area contributed by atoms with Gasteiger partial charge in [-0.1, -0.05) is 17.4 Å². The zero-order valence-electron chi connectivity index (χ0n) is 18.1. The van der Waals surface area contributed by atoms with Crippen LogP contribution in [0.3, 0.4) is 0 Å². The first-order valence-corrected chi connectivity index (χ1v) is 10.5. The highest BCUT2D eigenvalue weighted by Crippen LogP contribution is 2.41. The summed E-state index contributed by atoms with van der Waals surface area (Å²) in [6.07, 6.45) is 1.56. The van der Waals surface area contributed by atoms with Gasteiger partial charge in [0.1, 0.15) is 27.5 Å². The molecule has 0 bridgehead atoms. The fraction of sp³-hybridized carbons (Fsp3) is 0.217. The van der Waals surface area contributed by atoms with E-state index in [1.807, 2.05) is 6.07 Å². The molecule has 1 amide bonds. The highest BCUT2D eigenvalue weighted by Gasteiger charge is 2.28. The van der Waals surface area contributed by atoms with Gasteiger partial charge in [-0.25, -0.2) is 4.98 Å². The molecule has 4 rings (SSSR count). The second-order valence-electron chi connectivity index (χ2n) is 6.66. The van der Waals surface area contributed by atoms with Crippen LogP contribution in [-0.4, -0.2) is 39.3 Å². The minimum atomic E-state index is -0.311. The summed E-state index contributed by atoms with van der Waals surface area (Å²) >= 11 is 1.33. The summed E-state index contributed by atoms with van der Waals surface area (Å²) in [6, 6.07) is 12.3. The van der Waals surface area contributed by atoms with Gasteiger partial charge < -0.3 is 23.4 Å². The average Bonchev–Trinajstić information content (AvgIpc) is 3.50. The third kappa shape index (κ3) is 3.82. The van der Waals surface area contributed by atoms with E-state index < -0.39 is 0 Å². The molecule has 2 aromatic carbocycles. The van der Waals surface area contributed by atoms with Crippen LogP contribution in [0.2, 0.25) is 0 Å². The molecule has 166 valence electrons. The number of methoxy groups -OCH3 is 4. The topological polar surface area (TPSA) is 83.3 Å². The predicted octanol–water partition coefficient (Wildman–Crippen LogP) is 4.77. The summed E-state index contributed by atoms with van der Waals surface area (Å²) < 4.78 is 28.1. The Bertz CT molecular complexity index is 1190. The molecule has 32 heavy (non-hydrogen) atoms. The molecule has 2 heterocycles. The zero-order valence-corrected chi connectivity index (χ0v) is 18.9. The fourth-order valence-electron chi connectivity index (χ4n) is 3.38. The van der Waals surface area contributed by atoms with Crippen molar-refractivity contribution in [3.63, 3.8) is 0 Å². The number of para-hydroxylation sites is 1. The van der Waals surface area contributed by atoms with Crippen molar-refractivity contribution in [2.45, 2.75) is 6.54 Å². The van der Waals surface area contributed by atoms with Crippen molar-refractivity contribution in [2.24, 2.45) is 0 Å². The number of hydrogen-bond acceptors (Lipinski definition) is 8. The van der Waals surface area contributed by atoms with Crippen molar-refractivity contribution in [1.82, 2.24) is 4.98 Å². The van der Waals surface area contributed by atoms with Gasteiger partial charge >= 0.3 is 0 Å². The largest absolute Gasteiger partial charge is 0.495 e. The van der Waals surface area contributed by atoms with Gasteiger partial charge in [-0.15, -0.1) is 0 Å². The monoisotopic (exact) mass is 454 g/mol. The molecule has 0 saturated carbocycles. The van der Waals surface area contributed by atoms with E-state index in [2.05, 4.69) is 0 Å². The maximum atomic E-state index is 13.8. The lowest BCUT2D eigenvalue weighted by Gasteiger charge is -2.20. The van der Waals surface area contributed by atoms with Gasteiger partial charge in [0.2, 0.25) is 0 Å². The van der Waals surface area contributed by atoms with Gasteiger partial charge in [-0.3, -0.25) is 9.69 Å². The van der Waals surface area contributed by atoms with Crippen LogP contribution >= 0.6 is 11.3 Å². The smallest absolute Gasteiger partial charge is 0.264 e. The molecule has 0 fully saturated rings. The molecule has 8 nitrogen and oxygen atoms in total. The van der Waals surface area contributed by atoms with Gasteiger partial charge in [0.25, 0.3) is 5.91 Å². The van der Waals surface area contributed by atoms with Crippen molar-refractivity contribution < 1.29 is 28.2 Å². The molecule has 4 aromatic rings. The van der Waals surface area contributed by atoms with Gasteiger partial charge in [0, 0.05) is 0 Å². The minimum Gasteiger partial charge on any atom is -0.495 e. The number of aromatic nitrogens is 1. The Morgan fingerprint density at radius 2 is 1.69 bits per heavy atom. The van der Waals surface area contributed by atoms with Gasteiger partial charge in [0.15, 0.2) is 16.6 Å². The fourth-order valence-corrected chi connectivity index (χ4v) is 4.45. The van der Waals surface area contributed by atoms with E-state index in [1.54, 1.807) is 61.8 Å². The number of rotatable bonds is 8. The third-order valence-corrected chi connectivity index (χ3v) is 6.00. The average molecular weight is 455 g/mol. The molecule has 0 saturated heterocycles. The lowest BCUT2D eigenvalue weighted by Crippen LogP contribution is -2.30. The van der Waals surface area contributed by atoms with Crippen LogP contribution in [0, 0.1) is 0 Å². The third-order valence-electron chi connectivity index (χ3n) is 4.90. The first-order valence-electron chi connectivity index (χ1n) is 9.68. The molecule has 0 aliphatic carbocycles. The van der Waals surface area contributed by atoms with Gasteiger partial charge in [-0.2, -0.15) is 0 Å². The van der Waals surface area contributed by atoms with Crippen LogP contribution < -0.4 is 23.8 Å². The van der Waals surface area contributed by atoms with Gasteiger partial charge in [0.05, 0.1) is 46.8 Å². The summed E-state index contributed by atoms with van der Waals surface area (Å²) in [5.74, 6) is 2.35. The van der Waals surface area contributed by atoms with E-state index in [4.69, 9.17) is 28.3 Å². The number of ether oxygens (including phenoxy) is 4. The van der Waals surface area contributed by atoms with Crippen molar-refractivity contribution in [3.8, 4) is 23.0 Å². The molecule has 0 unspecified atom stereocenters. The maximum Gasteiger partial charge on any atom is 0.264 e. The first-order chi connectivity index (χ1) is 15.6. The van der Waals surface area contributed by atoms with E-state index in [9.17, 15) is 4.79 Å². The van der Waals surface area contributed by atoms with Crippen LogP contribution in [0.5, 0.6) is 23.0 Å². The van der Waals surface area contributed by atoms with E-state index in [0.717, 1.165) is 4.70 Å². The van der Waals surface area contributed by atoms with Crippen LogP contribution in [0.1, 0.15) is 16.1 Å². The lowest BCUT2D eigenvalue weighted by atomic mass is 10.1. The van der Waals surface area contributed by atoms with Crippen LogP contribution in [-0.2, 0) is 6.54 Å². The van der Waals surface area contributed by atoms with Crippen molar-refractivity contribution in [2.75, 3.05) is 33.3 Å². The Kier molecular flexibility index (Phi) is 6.18. The number of fused-ring (bicyclic) bond motifs is 1. The molecule has 0 radical (unpaired) electrons. The molecule has 0 atom stereocenters. The molecule has 9 heteroatoms. The lowest BCUT2D eigenvalue weighted by molar-refractivity contribution is 0.0979. The number of amides is 1. The highest BCUT2D eigenvalue weighted by atomic mass is 32.1. The number of benzene rings is 2. The number of hydrogen-bond donors (Lipinski definition) is 0. The number of furan rings is 1. The van der Waals surface area contributed by atoms with Crippen LogP contribution in [0.15, 0.2) is 53.1 Å². The standard InChI is InChI=1S/C23H22N2O6S/c1-27-16-10-11-18(29-3)21-19(16)24-23(32-21)25(13-14-7-6-12-31-14)22(26)15-8-5-9-17(28-2)20(15)30-4/h5-12H,13H2,1-4H3. The molecular formula is C23H22N2O6S. The molecular weight excluding hydrogens is 432 g/mol. The second kappa shape index (κ2) is 9.19. The summed E-state index contributed by atoms with van der Waals surface area (Å²) in [7, 11) is 6.19. The molecule has 0 spiro atoms. The number of carbonyl (C=O) groups is 1. The van der Waals surface area contributed by atoms with E-state index in [1.165, 1.54) is 25.6 Å². The Morgan fingerprint density at radius 3 is 2.34 bits per heavy atom. The normalized spacial score (nSPS) is 10.8. The number of carbonyl (C=O) groups excluding carboxylic acids is 1. The van der Waals surface area contributed by atoms with Crippen molar-refractivity contribution in [3.05, 3.63) is 60.1 Å². The molecule has 0 aliphatic heterocycles. The molecule has 0 aliphatic rings. The summed E-state index contributed by atoms with van der Waals surface area (Å²) in [5.41, 5.74) is 0.957. The van der Waals surface area contributed by atoms with Crippen LogP contribution in [0.25, 0.3) is 10.2 Å². The van der Waals surface area contributed by atoms with Crippen LogP contribution in [0.4, 0.5) is 5.13 Å². The summed E-state index contributed by atoms with van der Waals surface area (Å²) in [5, 5.41) is 0.467. The minimum absolute atomic E-state index is 0.177. The van der Waals surface area contributed by atoms with Gasteiger partial charge in [-0.05, 0) is 36.4 Å². The summed E-state index contributed by atoms with van der Waals surface area (Å²) in [6.45, 7) is 0.177. The zero-order chi connectivity index (χ0) is 22.7. The Hall–Kier alpha value is -3.72. The second-order valence-corrected chi connectivity index (χ2v) is 7.63. The summed E-state index contributed by atoms with van der Waals surface area (Å²) in [4.78, 5) is 20.0. The van der Waals surface area contributed by atoms with E-state index in [-0.39, 0.29) is 12.5 Å². The van der Waals surface area contributed by atoms with Crippen molar-refractivity contribution in [1.29, 1.82) is 0 Å². The Balaban J connectivity index is 1.86. The Morgan fingerprint density at radius 1 is 0.938 bits per heavy atom. The number of nitrogens with zero attached hydrogens (tertiary/aromatic N) is 2. The Labute approximate surface area is 188 Å². The highest BCUT2D eigenvalue weighted by molar-refractivity contribution is 7.22. The molecule has 0 N–H and O–H groups in total. The maximum absolute atomic E-state index is 13.8. The van der Waals surface area contributed by atoms with E-state index in [0.29, 0.717) is 45.0 Å². The predicted molar refractivity (Wildman–Crippen MR) is 121 cm³/mol.